The molecule has 0 aliphatic heterocycles. The van der Waals surface area contributed by atoms with Crippen LogP contribution in [0.3, 0.4) is 0 Å². The van der Waals surface area contributed by atoms with Crippen molar-refractivity contribution in [1.29, 1.82) is 0 Å². The highest BCUT2D eigenvalue weighted by molar-refractivity contribution is 5.84. The number of hydroxylamine groups is 1. The second-order valence-corrected chi connectivity index (χ2v) is 5.87. The molecule has 0 aromatic heterocycles. The van der Waals surface area contributed by atoms with E-state index in [0.29, 0.717) is 12.8 Å². The van der Waals surface area contributed by atoms with Crippen LogP contribution in [0.1, 0.15) is 64.2 Å². The zero-order valence-electron chi connectivity index (χ0n) is 11.3. The zero-order valence-corrected chi connectivity index (χ0v) is 11.3. The third-order valence-electron chi connectivity index (χ3n) is 4.40. The van der Waals surface area contributed by atoms with Crippen LogP contribution in [0.15, 0.2) is 0 Å². The second-order valence-electron chi connectivity index (χ2n) is 5.87. The summed E-state index contributed by atoms with van der Waals surface area (Å²) in [5.74, 6) is -1.14. The average Bonchev–Trinajstić information content (AvgIpc) is 2.90. The van der Waals surface area contributed by atoms with Gasteiger partial charge in [-0.25, -0.2) is 5.48 Å². The van der Waals surface area contributed by atoms with Gasteiger partial charge in [0.2, 0.25) is 5.91 Å². The lowest BCUT2D eigenvalue weighted by Crippen LogP contribution is -2.40. The number of nitrogens with one attached hydrogen (secondary N) is 1. The van der Waals surface area contributed by atoms with Crippen molar-refractivity contribution < 1.29 is 19.5 Å². The van der Waals surface area contributed by atoms with Crippen LogP contribution < -0.4 is 5.48 Å². The maximum atomic E-state index is 11.9. The summed E-state index contributed by atoms with van der Waals surface area (Å²) in [6.07, 6.45) is 8.42. The normalized spacial score (nSPS) is 23.2. The van der Waals surface area contributed by atoms with Crippen molar-refractivity contribution >= 4 is 11.9 Å². The van der Waals surface area contributed by atoms with Crippen LogP contribution in [-0.2, 0) is 14.4 Å². The molecule has 108 valence electrons. The van der Waals surface area contributed by atoms with Gasteiger partial charge in [-0.3, -0.25) is 14.4 Å². The molecule has 0 aromatic carbocycles. The Morgan fingerprint density at radius 2 is 1.74 bits per heavy atom. The fourth-order valence-electron chi connectivity index (χ4n) is 3.19. The topological polar surface area (TPSA) is 75.6 Å². The molecule has 0 unspecified atom stereocenters. The molecule has 2 saturated carbocycles. The maximum Gasteiger partial charge on any atom is 0.310 e. The van der Waals surface area contributed by atoms with Gasteiger partial charge < -0.3 is 5.11 Å². The first-order valence-electron chi connectivity index (χ1n) is 7.30. The molecule has 0 bridgehead atoms. The summed E-state index contributed by atoms with van der Waals surface area (Å²) in [7, 11) is 0. The van der Waals surface area contributed by atoms with E-state index in [-0.39, 0.29) is 18.4 Å². The van der Waals surface area contributed by atoms with Crippen molar-refractivity contribution in [3.8, 4) is 0 Å². The lowest BCUT2D eigenvalue weighted by Gasteiger charge is -2.32. The van der Waals surface area contributed by atoms with E-state index in [1.165, 1.54) is 0 Å². The number of rotatable bonds is 5. The van der Waals surface area contributed by atoms with Gasteiger partial charge in [0.15, 0.2) is 0 Å². The van der Waals surface area contributed by atoms with E-state index in [2.05, 4.69) is 5.48 Å². The van der Waals surface area contributed by atoms with Crippen molar-refractivity contribution in [3.63, 3.8) is 0 Å². The number of aliphatic carboxylic acids is 1. The molecule has 5 nitrogen and oxygen atoms in total. The number of hydrogen-bond acceptors (Lipinski definition) is 3. The van der Waals surface area contributed by atoms with E-state index < -0.39 is 11.4 Å². The zero-order chi connectivity index (χ0) is 13.7. The summed E-state index contributed by atoms with van der Waals surface area (Å²) in [6.45, 7) is 0. The van der Waals surface area contributed by atoms with Gasteiger partial charge in [-0.05, 0) is 25.7 Å². The Kier molecular flexibility index (Phi) is 4.80. The minimum atomic E-state index is -0.874. The summed E-state index contributed by atoms with van der Waals surface area (Å²) < 4.78 is 0. The largest absolute Gasteiger partial charge is 0.481 e. The molecule has 2 N–H and O–H groups in total. The van der Waals surface area contributed by atoms with E-state index in [9.17, 15) is 14.7 Å². The molecule has 2 fully saturated rings. The quantitative estimate of drug-likeness (QED) is 0.751. The maximum absolute atomic E-state index is 11.9. The molecular formula is C14H23NO4. The molecule has 0 aromatic rings. The molecule has 0 spiro atoms. The highest BCUT2D eigenvalue weighted by Gasteiger charge is 2.41. The first-order chi connectivity index (χ1) is 9.12. The van der Waals surface area contributed by atoms with Crippen LogP contribution in [0.5, 0.6) is 0 Å². The van der Waals surface area contributed by atoms with E-state index in [1.54, 1.807) is 0 Å². The van der Waals surface area contributed by atoms with Crippen molar-refractivity contribution in [2.75, 3.05) is 0 Å². The molecule has 5 heteroatoms. The van der Waals surface area contributed by atoms with Gasteiger partial charge >= 0.3 is 5.97 Å². The second kappa shape index (κ2) is 6.37. The van der Waals surface area contributed by atoms with Gasteiger partial charge in [-0.1, -0.05) is 32.1 Å². The summed E-state index contributed by atoms with van der Waals surface area (Å²) in [5, 5.41) is 9.40. The molecule has 2 aliphatic carbocycles. The average molecular weight is 269 g/mol. The highest BCUT2D eigenvalue weighted by atomic mass is 16.7. The van der Waals surface area contributed by atoms with E-state index in [1.807, 2.05) is 0 Å². The third-order valence-corrected chi connectivity index (χ3v) is 4.40. The van der Waals surface area contributed by atoms with Gasteiger partial charge in [-0.15, -0.1) is 0 Å². The standard InChI is InChI=1S/C14H23NO4/c16-12(15-19-11-6-2-3-7-11)10-14(13(17)18)8-4-1-5-9-14/h11H,1-10H2,(H,15,16)(H,17,18). The van der Waals surface area contributed by atoms with Gasteiger partial charge in [-0.2, -0.15) is 0 Å². The Hall–Kier alpha value is -1.10. The monoisotopic (exact) mass is 269 g/mol. The lowest BCUT2D eigenvalue weighted by molar-refractivity contribution is -0.157. The van der Waals surface area contributed by atoms with E-state index in [4.69, 9.17) is 4.84 Å². The van der Waals surface area contributed by atoms with E-state index >= 15 is 0 Å². The highest BCUT2D eigenvalue weighted by Crippen LogP contribution is 2.39. The summed E-state index contributed by atoms with van der Waals surface area (Å²) in [6, 6.07) is 0. The third kappa shape index (κ3) is 3.69. The molecule has 19 heavy (non-hydrogen) atoms. The summed E-state index contributed by atoms with van der Waals surface area (Å²) >= 11 is 0. The van der Waals surface area contributed by atoms with Crippen LogP contribution in [0, 0.1) is 5.41 Å². The van der Waals surface area contributed by atoms with Gasteiger partial charge in [0.1, 0.15) is 0 Å². The Labute approximate surface area is 113 Å². The summed E-state index contributed by atoms with van der Waals surface area (Å²) in [5.41, 5.74) is 1.58. The number of carboxylic acid groups (broad SMARTS) is 1. The number of amides is 1. The Morgan fingerprint density at radius 3 is 2.32 bits per heavy atom. The number of hydrogen-bond donors (Lipinski definition) is 2. The summed E-state index contributed by atoms with van der Waals surface area (Å²) in [4.78, 5) is 28.7. The Balaban J connectivity index is 1.82. The van der Waals surface area contributed by atoms with Crippen molar-refractivity contribution in [2.45, 2.75) is 70.3 Å². The van der Waals surface area contributed by atoms with Crippen molar-refractivity contribution in [2.24, 2.45) is 5.41 Å². The minimum Gasteiger partial charge on any atom is -0.481 e. The number of carbonyl (C=O) groups excluding carboxylic acids is 1. The SMILES string of the molecule is O=C(CC1(C(=O)O)CCCCC1)NOC1CCCC1. The Bertz CT molecular complexity index is 330. The minimum absolute atomic E-state index is 0.0368. The molecule has 1 amide bonds. The van der Waals surface area contributed by atoms with Gasteiger partial charge in [0, 0.05) is 6.42 Å². The first-order valence-corrected chi connectivity index (χ1v) is 7.30. The van der Waals surface area contributed by atoms with Crippen LogP contribution >= 0.6 is 0 Å². The Morgan fingerprint density at radius 1 is 1.11 bits per heavy atom. The molecule has 0 atom stereocenters. The van der Waals surface area contributed by atoms with E-state index in [0.717, 1.165) is 44.9 Å². The lowest BCUT2D eigenvalue weighted by atomic mass is 9.72. The predicted octanol–water partition coefficient (Wildman–Crippen LogP) is 2.40. The van der Waals surface area contributed by atoms with Gasteiger partial charge in [0.25, 0.3) is 0 Å². The van der Waals surface area contributed by atoms with Crippen molar-refractivity contribution in [1.82, 2.24) is 5.48 Å². The molecule has 0 heterocycles. The van der Waals surface area contributed by atoms with Crippen LogP contribution in [-0.4, -0.2) is 23.1 Å². The first kappa shape index (κ1) is 14.3. The predicted molar refractivity (Wildman–Crippen MR) is 69.3 cm³/mol. The fourth-order valence-corrected chi connectivity index (χ4v) is 3.19. The van der Waals surface area contributed by atoms with Crippen LogP contribution in [0.2, 0.25) is 0 Å². The molecule has 0 radical (unpaired) electrons. The molecule has 0 saturated heterocycles. The molecular weight excluding hydrogens is 246 g/mol. The number of carbonyl (C=O) groups is 2. The fraction of sp³-hybridized carbons (Fsp3) is 0.857. The van der Waals surface area contributed by atoms with Gasteiger partial charge in [0.05, 0.1) is 11.5 Å². The van der Waals surface area contributed by atoms with Crippen LogP contribution in [0.4, 0.5) is 0 Å². The smallest absolute Gasteiger partial charge is 0.310 e. The van der Waals surface area contributed by atoms with Crippen molar-refractivity contribution in [3.05, 3.63) is 0 Å². The van der Waals surface area contributed by atoms with Crippen LogP contribution in [0.25, 0.3) is 0 Å². The number of carboxylic acids is 1. The molecule has 2 rings (SSSR count). The molecule has 2 aliphatic rings.